The van der Waals surface area contributed by atoms with Gasteiger partial charge in [0.15, 0.2) is 0 Å². The Labute approximate surface area is 149 Å². The predicted octanol–water partition coefficient (Wildman–Crippen LogP) is 4.92. The average Bonchev–Trinajstić information content (AvgIpc) is 3.11. The summed E-state index contributed by atoms with van der Waals surface area (Å²) in [5.41, 5.74) is 5.49. The summed E-state index contributed by atoms with van der Waals surface area (Å²) in [5.74, 6) is 0. The van der Waals surface area contributed by atoms with Gasteiger partial charge >= 0.3 is 5.63 Å². The SMILES string of the molecule is CCN(CC)c1c(-c2cccc3ncsc23)c(=O)oc2ccccc12. The van der Waals surface area contributed by atoms with Crippen molar-refractivity contribution < 1.29 is 4.42 Å². The second kappa shape index (κ2) is 6.33. The molecule has 126 valence electrons. The lowest BCUT2D eigenvalue weighted by Crippen LogP contribution is -2.25. The van der Waals surface area contributed by atoms with Crippen LogP contribution in [0.15, 0.2) is 57.2 Å². The highest BCUT2D eigenvalue weighted by Crippen LogP contribution is 2.38. The number of anilines is 1. The van der Waals surface area contributed by atoms with Gasteiger partial charge in [-0.3, -0.25) is 0 Å². The number of rotatable bonds is 4. The summed E-state index contributed by atoms with van der Waals surface area (Å²) in [7, 11) is 0. The Morgan fingerprint density at radius 2 is 1.88 bits per heavy atom. The summed E-state index contributed by atoms with van der Waals surface area (Å²) >= 11 is 1.55. The van der Waals surface area contributed by atoms with Gasteiger partial charge in [0, 0.05) is 24.0 Å². The molecular weight excluding hydrogens is 332 g/mol. The smallest absolute Gasteiger partial charge is 0.346 e. The minimum absolute atomic E-state index is 0.304. The van der Waals surface area contributed by atoms with E-state index in [1.54, 1.807) is 11.3 Å². The van der Waals surface area contributed by atoms with Crippen LogP contribution in [0.25, 0.3) is 32.3 Å². The highest BCUT2D eigenvalue weighted by Gasteiger charge is 2.21. The maximum atomic E-state index is 12.9. The Kier molecular flexibility index (Phi) is 4.01. The molecular formula is C20H18N2O2S. The number of hydrogen-bond donors (Lipinski definition) is 0. The molecule has 0 amide bonds. The van der Waals surface area contributed by atoms with Crippen LogP contribution in [0.4, 0.5) is 5.69 Å². The molecule has 0 bridgehead atoms. The van der Waals surface area contributed by atoms with E-state index < -0.39 is 0 Å². The van der Waals surface area contributed by atoms with Crippen LogP contribution in [-0.4, -0.2) is 18.1 Å². The molecule has 0 saturated carbocycles. The highest BCUT2D eigenvalue weighted by atomic mass is 32.1. The molecule has 0 fully saturated rings. The van der Waals surface area contributed by atoms with Gasteiger partial charge in [0.2, 0.25) is 0 Å². The minimum Gasteiger partial charge on any atom is -0.422 e. The lowest BCUT2D eigenvalue weighted by molar-refractivity contribution is 0.563. The zero-order valence-corrected chi connectivity index (χ0v) is 15.0. The highest BCUT2D eigenvalue weighted by molar-refractivity contribution is 7.17. The zero-order chi connectivity index (χ0) is 17.4. The molecule has 0 saturated heterocycles. The van der Waals surface area contributed by atoms with E-state index in [0.29, 0.717) is 11.1 Å². The molecule has 0 atom stereocenters. The van der Waals surface area contributed by atoms with E-state index in [1.165, 1.54) is 0 Å². The van der Waals surface area contributed by atoms with Crippen LogP contribution in [0.5, 0.6) is 0 Å². The summed E-state index contributed by atoms with van der Waals surface area (Å²) in [6.45, 7) is 5.83. The molecule has 0 aliphatic heterocycles. The molecule has 0 N–H and O–H groups in total. The monoisotopic (exact) mass is 350 g/mol. The first-order chi connectivity index (χ1) is 12.2. The second-order valence-corrected chi connectivity index (χ2v) is 6.64. The molecule has 0 spiro atoms. The van der Waals surface area contributed by atoms with Crippen molar-refractivity contribution in [2.45, 2.75) is 13.8 Å². The molecule has 25 heavy (non-hydrogen) atoms. The van der Waals surface area contributed by atoms with E-state index in [0.717, 1.165) is 39.9 Å². The Morgan fingerprint density at radius 3 is 2.68 bits per heavy atom. The standard InChI is InChI=1S/C20H18N2O2S/c1-3-22(4-2)18-13-8-5-6-11-16(13)24-20(23)17(18)14-9-7-10-15-19(14)25-12-21-15/h5-12H,3-4H2,1-2H3. The van der Waals surface area contributed by atoms with Gasteiger partial charge in [0.05, 0.1) is 27.0 Å². The van der Waals surface area contributed by atoms with Crippen molar-refractivity contribution in [3.8, 4) is 11.1 Å². The first-order valence-corrected chi connectivity index (χ1v) is 9.26. The molecule has 4 rings (SSSR count). The Hall–Kier alpha value is -2.66. The predicted molar refractivity (Wildman–Crippen MR) is 105 cm³/mol. The molecule has 0 aliphatic rings. The van der Waals surface area contributed by atoms with Crippen molar-refractivity contribution in [2.75, 3.05) is 18.0 Å². The van der Waals surface area contributed by atoms with E-state index in [1.807, 2.05) is 48.0 Å². The van der Waals surface area contributed by atoms with Crippen molar-refractivity contribution in [1.29, 1.82) is 0 Å². The van der Waals surface area contributed by atoms with Crippen LogP contribution in [0.3, 0.4) is 0 Å². The molecule has 0 unspecified atom stereocenters. The largest absolute Gasteiger partial charge is 0.422 e. The first kappa shape index (κ1) is 15.8. The summed E-state index contributed by atoms with van der Waals surface area (Å²) in [6.07, 6.45) is 0. The summed E-state index contributed by atoms with van der Waals surface area (Å²) in [6, 6.07) is 13.6. The summed E-state index contributed by atoms with van der Waals surface area (Å²) in [4.78, 5) is 19.5. The summed E-state index contributed by atoms with van der Waals surface area (Å²) < 4.78 is 6.67. The fourth-order valence-corrected chi connectivity index (χ4v) is 4.13. The van der Waals surface area contributed by atoms with Gasteiger partial charge in [-0.05, 0) is 32.0 Å². The average molecular weight is 350 g/mol. The van der Waals surface area contributed by atoms with Gasteiger partial charge in [0.1, 0.15) is 5.58 Å². The fraction of sp³-hybridized carbons (Fsp3) is 0.200. The number of para-hydroxylation sites is 1. The Morgan fingerprint density at radius 1 is 1.08 bits per heavy atom. The first-order valence-electron chi connectivity index (χ1n) is 8.38. The van der Waals surface area contributed by atoms with Crippen molar-refractivity contribution in [2.24, 2.45) is 0 Å². The van der Waals surface area contributed by atoms with Crippen LogP contribution < -0.4 is 10.5 Å². The molecule has 0 radical (unpaired) electrons. The quantitative estimate of drug-likeness (QED) is 0.490. The number of thiazole rings is 1. The van der Waals surface area contributed by atoms with Gasteiger partial charge < -0.3 is 9.32 Å². The van der Waals surface area contributed by atoms with E-state index >= 15 is 0 Å². The third-order valence-corrected chi connectivity index (χ3v) is 5.37. The van der Waals surface area contributed by atoms with Gasteiger partial charge in [0.25, 0.3) is 0 Å². The number of nitrogens with zero attached hydrogens (tertiary/aromatic N) is 2. The van der Waals surface area contributed by atoms with Crippen molar-refractivity contribution in [3.63, 3.8) is 0 Å². The molecule has 2 heterocycles. The lowest BCUT2D eigenvalue weighted by Gasteiger charge is -2.25. The maximum Gasteiger partial charge on any atom is 0.346 e. The van der Waals surface area contributed by atoms with E-state index in [-0.39, 0.29) is 5.63 Å². The lowest BCUT2D eigenvalue weighted by atomic mass is 10.0. The van der Waals surface area contributed by atoms with Gasteiger partial charge in [-0.15, -0.1) is 11.3 Å². The molecule has 5 heteroatoms. The number of aromatic nitrogens is 1. The third-order valence-electron chi connectivity index (χ3n) is 4.49. The van der Waals surface area contributed by atoms with Gasteiger partial charge in [-0.2, -0.15) is 0 Å². The normalized spacial score (nSPS) is 11.3. The zero-order valence-electron chi connectivity index (χ0n) is 14.2. The van der Waals surface area contributed by atoms with Crippen molar-refractivity contribution in [3.05, 3.63) is 58.4 Å². The molecule has 2 aromatic carbocycles. The van der Waals surface area contributed by atoms with Crippen LogP contribution in [0, 0.1) is 0 Å². The van der Waals surface area contributed by atoms with E-state index in [9.17, 15) is 4.79 Å². The van der Waals surface area contributed by atoms with E-state index in [2.05, 4.69) is 23.7 Å². The number of hydrogen-bond acceptors (Lipinski definition) is 5. The Balaban J connectivity index is 2.16. The van der Waals surface area contributed by atoms with Crippen LogP contribution >= 0.6 is 11.3 Å². The summed E-state index contributed by atoms with van der Waals surface area (Å²) in [5, 5.41) is 0.960. The van der Waals surface area contributed by atoms with Gasteiger partial charge in [-0.25, -0.2) is 9.78 Å². The van der Waals surface area contributed by atoms with Crippen LogP contribution in [-0.2, 0) is 0 Å². The van der Waals surface area contributed by atoms with E-state index in [4.69, 9.17) is 4.42 Å². The molecule has 2 aromatic heterocycles. The van der Waals surface area contributed by atoms with Gasteiger partial charge in [-0.1, -0.05) is 24.3 Å². The molecule has 0 aliphatic carbocycles. The van der Waals surface area contributed by atoms with Crippen LogP contribution in [0.2, 0.25) is 0 Å². The molecule has 4 nitrogen and oxygen atoms in total. The minimum atomic E-state index is -0.304. The number of fused-ring (bicyclic) bond motifs is 2. The second-order valence-electron chi connectivity index (χ2n) is 5.79. The maximum absolute atomic E-state index is 12.9. The van der Waals surface area contributed by atoms with Crippen molar-refractivity contribution in [1.82, 2.24) is 4.98 Å². The third kappa shape index (κ3) is 2.51. The molecule has 4 aromatic rings. The fourth-order valence-electron chi connectivity index (χ4n) is 3.32. The Bertz CT molecular complexity index is 1110. The topological polar surface area (TPSA) is 46.3 Å². The number of benzene rings is 2. The van der Waals surface area contributed by atoms with Crippen molar-refractivity contribution >= 4 is 38.2 Å². The van der Waals surface area contributed by atoms with Crippen LogP contribution in [0.1, 0.15) is 13.8 Å².